The van der Waals surface area contributed by atoms with E-state index in [9.17, 15) is 27.9 Å². The minimum atomic E-state index is -4.55. The van der Waals surface area contributed by atoms with Gasteiger partial charge >= 0.3 is 6.18 Å². The number of carbonyl (C=O) groups is 2. The van der Waals surface area contributed by atoms with Gasteiger partial charge in [-0.3, -0.25) is 9.59 Å². The van der Waals surface area contributed by atoms with Crippen molar-refractivity contribution in [3.63, 3.8) is 0 Å². The highest BCUT2D eigenvalue weighted by Gasteiger charge is 2.35. The Bertz CT molecular complexity index is 1330. The minimum absolute atomic E-state index is 0.0961. The van der Waals surface area contributed by atoms with E-state index in [1.165, 1.54) is 35.2 Å². The van der Waals surface area contributed by atoms with E-state index in [-0.39, 0.29) is 28.3 Å². The van der Waals surface area contributed by atoms with E-state index in [2.05, 4.69) is 5.32 Å². The van der Waals surface area contributed by atoms with Crippen LogP contribution in [0.1, 0.15) is 34.3 Å². The van der Waals surface area contributed by atoms with Crippen molar-refractivity contribution >= 4 is 35.0 Å². The topological polar surface area (TPSA) is 69.6 Å². The normalized spacial score (nSPS) is 15.6. The number of alkyl halides is 3. The number of likely N-dealkylation sites (tertiary alicyclic amines) is 1. The summed E-state index contributed by atoms with van der Waals surface area (Å²) in [5, 5.41) is 14.0. The second kappa shape index (κ2) is 11.0. The number of hydrogen-bond donors (Lipinski definition) is 2. The number of hydrogen-bond acceptors (Lipinski definition) is 3. The molecule has 10 heteroatoms. The number of nitrogens with one attached hydrogen (secondary N) is 1. The molecule has 1 fully saturated rings. The number of phenolic OH excluding ortho intramolecular Hbond substituents is 1. The first-order valence-electron chi connectivity index (χ1n) is 11.6. The molecule has 1 heterocycles. The number of benzene rings is 3. The zero-order chi connectivity index (χ0) is 26.7. The summed E-state index contributed by atoms with van der Waals surface area (Å²) in [6.07, 6.45) is -2.89. The first-order chi connectivity index (χ1) is 17.5. The largest absolute Gasteiger partial charge is 0.507 e. The molecule has 0 saturated carbocycles. The summed E-state index contributed by atoms with van der Waals surface area (Å²) in [4.78, 5) is 27.6. The minimum Gasteiger partial charge on any atom is -0.507 e. The molecule has 1 aliphatic rings. The van der Waals surface area contributed by atoms with Gasteiger partial charge in [0.2, 0.25) is 5.91 Å². The summed E-state index contributed by atoms with van der Waals surface area (Å²) in [5.74, 6) is -0.980. The van der Waals surface area contributed by atoms with Crippen LogP contribution in [0.3, 0.4) is 0 Å². The van der Waals surface area contributed by atoms with Crippen LogP contribution in [-0.2, 0) is 17.4 Å². The van der Waals surface area contributed by atoms with Crippen LogP contribution in [0.15, 0.2) is 60.7 Å². The fraction of sp³-hybridized carbons (Fsp3) is 0.259. The van der Waals surface area contributed by atoms with Gasteiger partial charge in [0.15, 0.2) is 0 Å². The van der Waals surface area contributed by atoms with Gasteiger partial charge in [-0.05, 0) is 72.9 Å². The van der Waals surface area contributed by atoms with E-state index in [0.717, 1.165) is 17.7 Å². The van der Waals surface area contributed by atoms with Crippen molar-refractivity contribution in [3.8, 4) is 16.9 Å². The Morgan fingerprint density at radius 3 is 2.54 bits per heavy atom. The standard InChI is InChI=1S/C27H23Cl2F3N2O3/c28-21-8-6-16(13-22(21)29)10-11-33-25(36)23-5-2-12-34(23)26(37)18-7-9-24(35)20(15-18)17-3-1-4-19(14-17)27(30,31)32/h1,3-4,6-9,13-15,23,35H,2,5,10-12H2,(H,33,36)/t23-/m0/s1. The number of amides is 2. The molecule has 2 N–H and O–H groups in total. The number of phenols is 1. The van der Waals surface area contributed by atoms with Crippen LogP contribution in [0.25, 0.3) is 11.1 Å². The highest BCUT2D eigenvalue weighted by atomic mass is 35.5. The van der Waals surface area contributed by atoms with Crippen molar-refractivity contribution in [2.24, 2.45) is 0 Å². The fourth-order valence-electron chi connectivity index (χ4n) is 4.35. The van der Waals surface area contributed by atoms with E-state index in [1.54, 1.807) is 12.1 Å². The molecule has 37 heavy (non-hydrogen) atoms. The third-order valence-electron chi connectivity index (χ3n) is 6.26. The van der Waals surface area contributed by atoms with Gasteiger partial charge in [0, 0.05) is 24.2 Å². The van der Waals surface area contributed by atoms with E-state index in [0.29, 0.717) is 42.4 Å². The van der Waals surface area contributed by atoms with Gasteiger partial charge in [-0.1, -0.05) is 41.4 Å². The van der Waals surface area contributed by atoms with Crippen LogP contribution in [-0.4, -0.2) is 41.0 Å². The van der Waals surface area contributed by atoms with Gasteiger partial charge < -0.3 is 15.3 Å². The summed E-state index contributed by atoms with van der Waals surface area (Å²) >= 11 is 12.0. The van der Waals surface area contributed by atoms with Crippen molar-refractivity contribution in [2.75, 3.05) is 13.1 Å². The summed E-state index contributed by atoms with van der Waals surface area (Å²) in [6.45, 7) is 0.706. The van der Waals surface area contributed by atoms with Crippen molar-refractivity contribution in [1.29, 1.82) is 0 Å². The smallest absolute Gasteiger partial charge is 0.416 e. The summed E-state index contributed by atoms with van der Waals surface area (Å²) in [6, 6.07) is 13.1. The van der Waals surface area contributed by atoms with Gasteiger partial charge in [0.05, 0.1) is 15.6 Å². The Hall–Kier alpha value is -3.23. The highest BCUT2D eigenvalue weighted by Crippen LogP contribution is 2.36. The molecule has 0 unspecified atom stereocenters. The van der Waals surface area contributed by atoms with Crippen LogP contribution >= 0.6 is 23.2 Å². The lowest BCUT2D eigenvalue weighted by atomic mass is 9.99. The van der Waals surface area contributed by atoms with Crippen LogP contribution in [0.2, 0.25) is 10.0 Å². The fourth-order valence-corrected chi connectivity index (χ4v) is 4.68. The van der Waals surface area contributed by atoms with Crippen LogP contribution in [0.4, 0.5) is 13.2 Å². The van der Waals surface area contributed by atoms with Gasteiger partial charge in [-0.25, -0.2) is 0 Å². The maximum absolute atomic E-state index is 13.3. The molecule has 2 amide bonds. The number of carbonyl (C=O) groups excluding carboxylic acids is 2. The Morgan fingerprint density at radius 2 is 1.81 bits per heavy atom. The van der Waals surface area contributed by atoms with Crippen LogP contribution < -0.4 is 5.32 Å². The Kier molecular flexibility index (Phi) is 7.99. The first-order valence-corrected chi connectivity index (χ1v) is 12.3. The van der Waals surface area contributed by atoms with E-state index >= 15 is 0 Å². The number of aromatic hydroxyl groups is 1. The molecule has 0 radical (unpaired) electrons. The summed E-state index contributed by atoms with van der Waals surface area (Å²) < 4.78 is 39.5. The second-order valence-corrected chi connectivity index (χ2v) is 9.57. The van der Waals surface area contributed by atoms with E-state index in [1.807, 2.05) is 6.07 Å². The van der Waals surface area contributed by atoms with Gasteiger partial charge in [-0.15, -0.1) is 0 Å². The van der Waals surface area contributed by atoms with Gasteiger partial charge in [0.25, 0.3) is 5.91 Å². The summed E-state index contributed by atoms with van der Waals surface area (Å²) in [5.41, 5.74) is 0.429. The predicted molar refractivity (Wildman–Crippen MR) is 136 cm³/mol. The predicted octanol–water partition coefficient (Wildman–Crippen LogP) is 6.35. The lowest BCUT2D eigenvalue weighted by molar-refractivity contribution is -0.137. The molecule has 1 saturated heterocycles. The molecular formula is C27H23Cl2F3N2O3. The maximum atomic E-state index is 13.3. The Balaban J connectivity index is 1.47. The van der Waals surface area contributed by atoms with Crippen LogP contribution in [0.5, 0.6) is 5.75 Å². The molecule has 0 spiro atoms. The molecule has 4 rings (SSSR count). The maximum Gasteiger partial charge on any atom is 0.416 e. The van der Waals surface area contributed by atoms with Crippen molar-refractivity contribution in [1.82, 2.24) is 10.2 Å². The van der Waals surface area contributed by atoms with Gasteiger partial charge in [0.1, 0.15) is 11.8 Å². The molecule has 1 aliphatic heterocycles. The molecule has 0 bridgehead atoms. The van der Waals surface area contributed by atoms with Crippen molar-refractivity contribution < 1.29 is 27.9 Å². The Labute approximate surface area is 221 Å². The molecule has 3 aromatic rings. The number of halogens is 5. The third kappa shape index (κ3) is 6.19. The SMILES string of the molecule is O=C(NCCc1ccc(Cl)c(Cl)c1)[C@@H]1CCCN1C(=O)c1ccc(O)c(-c2cccc(C(F)(F)F)c2)c1. The molecule has 194 valence electrons. The lowest BCUT2D eigenvalue weighted by Crippen LogP contribution is -2.46. The average Bonchev–Trinajstić information content (AvgIpc) is 3.36. The lowest BCUT2D eigenvalue weighted by Gasteiger charge is -2.24. The second-order valence-electron chi connectivity index (χ2n) is 8.76. The third-order valence-corrected chi connectivity index (χ3v) is 7.00. The zero-order valence-corrected chi connectivity index (χ0v) is 21.0. The van der Waals surface area contributed by atoms with Gasteiger partial charge in [-0.2, -0.15) is 13.2 Å². The first kappa shape index (κ1) is 26.8. The molecule has 3 aromatic carbocycles. The molecule has 1 atom stereocenters. The zero-order valence-electron chi connectivity index (χ0n) is 19.5. The number of rotatable bonds is 6. The number of nitrogens with zero attached hydrogens (tertiary/aromatic N) is 1. The molecule has 0 aliphatic carbocycles. The van der Waals surface area contributed by atoms with Crippen molar-refractivity contribution in [3.05, 3.63) is 87.4 Å². The molecular weight excluding hydrogens is 528 g/mol. The van der Waals surface area contributed by atoms with Crippen molar-refractivity contribution in [2.45, 2.75) is 31.5 Å². The van der Waals surface area contributed by atoms with E-state index < -0.39 is 23.7 Å². The van der Waals surface area contributed by atoms with Crippen LogP contribution in [0, 0.1) is 0 Å². The monoisotopic (exact) mass is 550 g/mol. The highest BCUT2D eigenvalue weighted by molar-refractivity contribution is 6.42. The van der Waals surface area contributed by atoms with E-state index in [4.69, 9.17) is 23.2 Å². The Morgan fingerprint density at radius 1 is 1.03 bits per heavy atom. The molecule has 0 aromatic heterocycles. The quantitative estimate of drug-likeness (QED) is 0.375. The molecule has 5 nitrogen and oxygen atoms in total. The summed E-state index contributed by atoms with van der Waals surface area (Å²) in [7, 11) is 0. The average molecular weight is 551 g/mol.